The van der Waals surface area contributed by atoms with E-state index in [0.29, 0.717) is 17.4 Å². The first-order valence-electron chi connectivity index (χ1n) is 8.41. The van der Waals surface area contributed by atoms with Gasteiger partial charge in [-0.15, -0.1) is 0 Å². The molecule has 0 saturated heterocycles. The Kier molecular flexibility index (Phi) is 5.44. The predicted octanol–water partition coefficient (Wildman–Crippen LogP) is 3.13. The van der Waals surface area contributed by atoms with Crippen molar-refractivity contribution in [3.8, 4) is 0 Å². The molecule has 1 aliphatic rings. The molecule has 1 aromatic heterocycles. The Morgan fingerprint density at radius 1 is 1.33 bits per heavy atom. The smallest absolute Gasteiger partial charge is 0.0522 e. The lowest BCUT2D eigenvalue weighted by Gasteiger charge is -2.39. The molecule has 4 heteroatoms. The molecule has 1 aliphatic carbocycles. The van der Waals surface area contributed by atoms with Gasteiger partial charge in [0.2, 0.25) is 0 Å². The molecule has 1 atom stereocenters. The summed E-state index contributed by atoms with van der Waals surface area (Å²) in [6.45, 7) is 10.2. The van der Waals surface area contributed by atoms with Gasteiger partial charge in [-0.25, -0.2) is 0 Å². The van der Waals surface area contributed by atoms with E-state index in [4.69, 9.17) is 5.84 Å². The van der Waals surface area contributed by atoms with Gasteiger partial charge in [-0.2, -0.15) is 5.10 Å². The second-order valence-corrected chi connectivity index (χ2v) is 7.66. The fourth-order valence-electron chi connectivity index (χ4n) is 3.69. The van der Waals surface area contributed by atoms with Crippen molar-refractivity contribution in [3.63, 3.8) is 0 Å². The predicted molar refractivity (Wildman–Crippen MR) is 87.6 cm³/mol. The van der Waals surface area contributed by atoms with Crippen LogP contribution in [-0.4, -0.2) is 15.8 Å². The molecule has 0 radical (unpaired) electrons. The van der Waals surface area contributed by atoms with Crippen LogP contribution in [0.2, 0.25) is 0 Å². The maximum Gasteiger partial charge on any atom is 0.0522 e. The molecule has 0 spiro atoms. The fourth-order valence-corrected chi connectivity index (χ4v) is 3.69. The highest BCUT2D eigenvalue weighted by Gasteiger charge is 2.32. The lowest BCUT2D eigenvalue weighted by molar-refractivity contribution is 0.132. The summed E-state index contributed by atoms with van der Waals surface area (Å²) in [7, 11) is 0. The Hall–Kier alpha value is -0.870. The first-order valence-corrected chi connectivity index (χ1v) is 8.41. The zero-order chi connectivity index (χ0) is 15.5. The summed E-state index contributed by atoms with van der Waals surface area (Å²) in [5.41, 5.74) is 4.80. The van der Waals surface area contributed by atoms with Crippen molar-refractivity contribution in [1.29, 1.82) is 0 Å². The van der Waals surface area contributed by atoms with Crippen molar-refractivity contribution in [2.24, 2.45) is 23.1 Å². The summed E-state index contributed by atoms with van der Waals surface area (Å²) in [6.07, 6.45) is 10.4. The SMILES string of the molecule is CCn1cc(CC(NN)C2CCC(C(C)(C)C)CC2)cn1. The van der Waals surface area contributed by atoms with E-state index in [2.05, 4.69) is 44.4 Å². The van der Waals surface area contributed by atoms with Gasteiger partial charge in [0.25, 0.3) is 0 Å². The van der Waals surface area contributed by atoms with Crippen molar-refractivity contribution < 1.29 is 0 Å². The number of aryl methyl sites for hydroxylation is 1. The maximum absolute atomic E-state index is 5.83. The molecule has 1 saturated carbocycles. The normalized spacial score (nSPS) is 25.0. The van der Waals surface area contributed by atoms with E-state index in [9.17, 15) is 0 Å². The van der Waals surface area contributed by atoms with Crippen LogP contribution in [0.3, 0.4) is 0 Å². The minimum absolute atomic E-state index is 0.375. The molecule has 120 valence electrons. The number of nitrogens with zero attached hydrogens (tertiary/aromatic N) is 2. The van der Waals surface area contributed by atoms with Gasteiger partial charge in [0.1, 0.15) is 0 Å². The Labute approximate surface area is 129 Å². The quantitative estimate of drug-likeness (QED) is 0.647. The molecule has 0 aromatic carbocycles. The average Bonchev–Trinajstić information content (AvgIpc) is 2.92. The Bertz CT molecular complexity index is 424. The van der Waals surface area contributed by atoms with Crippen LogP contribution in [0.25, 0.3) is 0 Å². The van der Waals surface area contributed by atoms with E-state index in [-0.39, 0.29) is 0 Å². The number of nitrogens with one attached hydrogen (secondary N) is 1. The van der Waals surface area contributed by atoms with Gasteiger partial charge in [0, 0.05) is 18.8 Å². The molecular formula is C17H32N4. The van der Waals surface area contributed by atoms with Gasteiger partial charge in [-0.05, 0) is 61.8 Å². The number of hydrogen-bond acceptors (Lipinski definition) is 3. The Balaban J connectivity index is 1.90. The Morgan fingerprint density at radius 2 is 2.00 bits per heavy atom. The summed E-state index contributed by atoms with van der Waals surface area (Å²) in [5, 5.41) is 4.36. The number of nitrogens with two attached hydrogens (primary N) is 1. The lowest BCUT2D eigenvalue weighted by Crippen LogP contribution is -2.44. The van der Waals surface area contributed by atoms with Gasteiger partial charge >= 0.3 is 0 Å². The number of aromatic nitrogens is 2. The highest BCUT2D eigenvalue weighted by atomic mass is 15.3. The molecule has 3 N–H and O–H groups in total. The van der Waals surface area contributed by atoms with Crippen LogP contribution in [0.5, 0.6) is 0 Å². The van der Waals surface area contributed by atoms with Crippen molar-refractivity contribution in [2.45, 2.75) is 72.4 Å². The summed E-state index contributed by atoms with van der Waals surface area (Å²) < 4.78 is 1.99. The van der Waals surface area contributed by atoms with Gasteiger partial charge < -0.3 is 0 Å². The zero-order valence-electron chi connectivity index (χ0n) is 14.1. The highest BCUT2D eigenvalue weighted by Crippen LogP contribution is 2.40. The molecular weight excluding hydrogens is 260 g/mol. The van der Waals surface area contributed by atoms with Crippen molar-refractivity contribution in [1.82, 2.24) is 15.2 Å². The third kappa shape index (κ3) is 4.30. The molecule has 1 aromatic rings. The minimum atomic E-state index is 0.375. The third-order valence-electron chi connectivity index (χ3n) is 5.25. The monoisotopic (exact) mass is 292 g/mol. The third-order valence-corrected chi connectivity index (χ3v) is 5.25. The van der Waals surface area contributed by atoms with Crippen LogP contribution >= 0.6 is 0 Å². The lowest BCUT2D eigenvalue weighted by atomic mass is 9.68. The van der Waals surface area contributed by atoms with E-state index in [1.54, 1.807) is 0 Å². The van der Waals surface area contributed by atoms with Crippen LogP contribution in [0.15, 0.2) is 12.4 Å². The molecule has 1 unspecified atom stereocenters. The second kappa shape index (κ2) is 6.93. The Morgan fingerprint density at radius 3 is 2.48 bits per heavy atom. The van der Waals surface area contributed by atoms with Crippen molar-refractivity contribution in [3.05, 3.63) is 18.0 Å². The molecule has 2 rings (SSSR count). The van der Waals surface area contributed by atoms with Gasteiger partial charge in [0.05, 0.1) is 6.20 Å². The van der Waals surface area contributed by atoms with Gasteiger partial charge in [-0.1, -0.05) is 20.8 Å². The summed E-state index contributed by atoms with van der Waals surface area (Å²) in [4.78, 5) is 0. The van der Waals surface area contributed by atoms with Crippen LogP contribution in [0, 0.1) is 17.3 Å². The fraction of sp³-hybridized carbons (Fsp3) is 0.824. The molecule has 1 fully saturated rings. The van der Waals surface area contributed by atoms with E-state index in [0.717, 1.165) is 18.9 Å². The molecule has 0 amide bonds. The number of hydrazine groups is 1. The molecule has 0 aliphatic heterocycles. The minimum Gasteiger partial charge on any atom is -0.273 e. The van der Waals surface area contributed by atoms with E-state index in [1.165, 1.54) is 31.2 Å². The van der Waals surface area contributed by atoms with Gasteiger partial charge in [0.15, 0.2) is 0 Å². The second-order valence-electron chi connectivity index (χ2n) is 7.66. The van der Waals surface area contributed by atoms with Crippen molar-refractivity contribution in [2.75, 3.05) is 0 Å². The molecule has 21 heavy (non-hydrogen) atoms. The van der Waals surface area contributed by atoms with E-state index >= 15 is 0 Å². The molecule has 1 heterocycles. The summed E-state index contributed by atoms with van der Waals surface area (Å²) >= 11 is 0. The summed E-state index contributed by atoms with van der Waals surface area (Å²) in [5.74, 6) is 7.38. The highest BCUT2D eigenvalue weighted by molar-refractivity contribution is 5.07. The van der Waals surface area contributed by atoms with E-state index in [1.807, 2.05) is 10.9 Å². The van der Waals surface area contributed by atoms with Crippen molar-refractivity contribution >= 4 is 0 Å². The first-order chi connectivity index (χ1) is 9.94. The maximum atomic E-state index is 5.83. The molecule has 4 nitrogen and oxygen atoms in total. The standard InChI is InChI=1S/C17H32N4/c1-5-21-12-13(11-19-21)10-16(20-18)14-6-8-15(9-7-14)17(2,3)4/h11-12,14-16,20H,5-10,18H2,1-4H3. The number of rotatable bonds is 5. The molecule has 0 bridgehead atoms. The van der Waals surface area contributed by atoms with Crippen LogP contribution in [0.1, 0.15) is 58.9 Å². The topological polar surface area (TPSA) is 55.9 Å². The largest absolute Gasteiger partial charge is 0.273 e. The van der Waals surface area contributed by atoms with Crippen LogP contribution in [0.4, 0.5) is 0 Å². The first kappa shape index (κ1) is 16.5. The average molecular weight is 292 g/mol. The van der Waals surface area contributed by atoms with Crippen LogP contribution in [-0.2, 0) is 13.0 Å². The number of hydrogen-bond donors (Lipinski definition) is 2. The summed E-state index contributed by atoms with van der Waals surface area (Å²) in [6, 6.07) is 0.375. The van der Waals surface area contributed by atoms with Crippen LogP contribution < -0.4 is 11.3 Å². The van der Waals surface area contributed by atoms with E-state index < -0.39 is 0 Å². The zero-order valence-corrected chi connectivity index (χ0v) is 14.1. The van der Waals surface area contributed by atoms with Gasteiger partial charge in [-0.3, -0.25) is 16.0 Å².